The van der Waals surface area contributed by atoms with Gasteiger partial charge in [0.15, 0.2) is 0 Å². The lowest BCUT2D eigenvalue weighted by Crippen LogP contribution is -2.46. The quantitative estimate of drug-likeness (QED) is 0.380. The van der Waals surface area contributed by atoms with Gasteiger partial charge in [-0.25, -0.2) is 0 Å². The molecular formula is C24H42N2O. The van der Waals surface area contributed by atoms with Gasteiger partial charge in [-0.05, 0) is 36.5 Å². The molecule has 1 saturated heterocycles. The zero-order chi connectivity index (χ0) is 19.2. The SMILES string of the molecule is CCCCCCCCC1CNC(c2ccc(OCCCCCC)cc2)NC1. The molecular weight excluding hydrogens is 332 g/mol. The molecule has 3 heteroatoms. The van der Waals surface area contributed by atoms with Crippen molar-refractivity contribution in [1.29, 1.82) is 0 Å². The topological polar surface area (TPSA) is 33.3 Å². The van der Waals surface area contributed by atoms with Crippen LogP contribution in [0.1, 0.15) is 96.2 Å². The van der Waals surface area contributed by atoms with Crippen molar-refractivity contribution in [2.24, 2.45) is 5.92 Å². The molecule has 2 N–H and O–H groups in total. The molecule has 154 valence electrons. The minimum Gasteiger partial charge on any atom is -0.494 e. The third kappa shape index (κ3) is 9.12. The molecule has 0 atom stereocenters. The smallest absolute Gasteiger partial charge is 0.119 e. The monoisotopic (exact) mass is 374 g/mol. The van der Waals surface area contributed by atoms with Gasteiger partial charge in [0.2, 0.25) is 0 Å². The Morgan fingerprint density at radius 3 is 2.04 bits per heavy atom. The zero-order valence-corrected chi connectivity index (χ0v) is 17.8. The maximum Gasteiger partial charge on any atom is 0.119 e. The molecule has 1 aliphatic rings. The predicted molar refractivity (Wildman–Crippen MR) is 116 cm³/mol. The second-order valence-electron chi connectivity index (χ2n) is 8.15. The summed E-state index contributed by atoms with van der Waals surface area (Å²) in [5.41, 5.74) is 1.31. The highest BCUT2D eigenvalue weighted by molar-refractivity contribution is 5.29. The number of hydrogen-bond acceptors (Lipinski definition) is 3. The molecule has 2 rings (SSSR count). The van der Waals surface area contributed by atoms with Crippen molar-refractivity contribution in [3.05, 3.63) is 29.8 Å². The molecule has 3 nitrogen and oxygen atoms in total. The van der Waals surface area contributed by atoms with Crippen LogP contribution in [0, 0.1) is 5.92 Å². The summed E-state index contributed by atoms with van der Waals surface area (Å²) in [5, 5.41) is 7.36. The van der Waals surface area contributed by atoms with E-state index in [1.807, 2.05) is 0 Å². The van der Waals surface area contributed by atoms with Crippen molar-refractivity contribution in [1.82, 2.24) is 10.6 Å². The molecule has 0 amide bonds. The van der Waals surface area contributed by atoms with Gasteiger partial charge in [0.1, 0.15) is 5.75 Å². The fraction of sp³-hybridized carbons (Fsp3) is 0.750. The molecule has 0 unspecified atom stereocenters. The van der Waals surface area contributed by atoms with E-state index in [1.54, 1.807) is 0 Å². The van der Waals surface area contributed by atoms with Crippen molar-refractivity contribution in [2.45, 2.75) is 90.6 Å². The van der Waals surface area contributed by atoms with Gasteiger partial charge < -0.3 is 4.74 Å². The van der Waals surface area contributed by atoms with Crippen LogP contribution in [0.25, 0.3) is 0 Å². The van der Waals surface area contributed by atoms with Gasteiger partial charge in [-0.3, -0.25) is 10.6 Å². The lowest BCUT2D eigenvalue weighted by Gasteiger charge is -2.31. The van der Waals surface area contributed by atoms with Gasteiger partial charge >= 0.3 is 0 Å². The van der Waals surface area contributed by atoms with Gasteiger partial charge in [-0.2, -0.15) is 0 Å². The number of nitrogens with one attached hydrogen (secondary N) is 2. The second kappa shape index (κ2) is 14.0. The van der Waals surface area contributed by atoms with Crippen molar-refractivity contribution in [3.63, 3.8) is 0 Å². The first-order valence-corrected chi connectivity index (χ1v) is 11.5. The van der Waals surface area contributed by atoms with E-state index in [-0.39, 0.29) is 6.17 Å². The Morgan fingerprint density at radius 2 is 1.37 bits per heavy atom. The third-order valence-electron chi connectivity index (χ3n) is 5.67. The van der Waals surface area contributed by atoms with Crippen LogP contribution in [0.15, 0.2) is 24.3 Å². The Balaban J connectivity index is 1.59. The summed E-state index contributed by atoms with van der Waals surface area (Å²) >= 11 is 0. The molecule has 1 heterocycles. The standard InChI is InChI=1S/C24H42N2O/c1-3-5-7-9-10-11-13-21-19-25-24(26-20-21)22-14-16-23(17-15-22)27-18-12-8-6-4-2/h14-17,21,24-26H,3-13,18-20H2,1-2H3. The minimum atomic E-state index is 0.282. The summed E-state index contributed by atoms with van der Waals surface area (Å²) in [4.78, 5) is 0. The largest absolute Gasteiger partial charge is 0.494 e. The Hall–Kier alpha value is -1.06. The van der Waals surface area contributed by atoms with E-state index in [0.717, 1.165) is 37.8 Å². The van der Waals surface area contributed by atoms with Crippen LogP contribution in [0.2, 0.25) is 0 Å². The van der Waals surface area contributed by atoms with E-state index in [1.165, 1.54) is 69.8 Å². The summed E-state index contributed by atoms with van der Waals surface area (Å²) < 4.78 is 5.85. The van der Waals surface area contributed by atoms with Crippen LogP contribution >= 0.6 is 0 Å². The molecule has 0 aromatic heterocycles. The number of ether oxygens (including phenoxy) is 1. The number of unbranched alkanes of at least 4 members (excludes halogenated alkanes) is 8. The average Bonchev–Trinajstić information content (AvgIpc) is 2.71. The normalized spacial score (nSPS) is 19.9. The molecule has 0 aliphatic carbocycles. The zero-order valence-electron chi connectivity index (χ0n) is 17.8. The van der Waals surface area contributed by atoms with Crippen molar-refractivity contribution < 1.29 is 4.74 Å². The van der Waals surface area contributed by atoms with E-state index in [2.05, 4.69) is 48.7 Å². The van der Waals surface area contributed by atoms with Crippen LogP contribution in [0.5, 0.6) is 5.75 Å². The summed E-state index contributed by atoms with van der Waals surface area (Å²) in [5.74, 6) is 1.77. The average molecular weight is 375 g/mol. The fourth-order valence-electron chi connectivity index (χ4n) is 3.84. The van der Waals surface area contributed by atoms with E-state index in [4.69, 9.17) is 4.74 Å². The van der Waals surface area contributed by atoms with Gasteiger partial charge in [-0.1, -0.05) is 83.8 Å². The highest BCUT2D eigenvalue weighted by Crippen LogP contribution is 2.21. The maximum atomic E-state index is 5.85. The van der Waals surface area contributed by atoms with Crippen LogP contribution < -0.4 is 15.4 Å². The molecule has 0 radical (unpaired) electrons. The van der Waals surface area contributed by atoms with Crippen molar-refractivity contribution in [3.8, 4) is 5.75 Å². The Bertz CT molecular complexity index is 466. The summed E-state index contributed by atoms with van der Waals surface area (Å²) in [6, 6.07) is 8.61. The molecule has 1 fully saturated rings. The predicted octanol–water partition coefficient (Wildman–Crippen LogP) is 6.20. The summed E-state index contributed by atoms with van der Waals surface area (Å²) in [6.45, 7) is 7.61. The van der Waals surface area contributed by atoms with Crippen LogP contribution in [-0.4, -0.2) is 19.7 Å². The number of benzene rings is 1. The van der Waals surface area contributed by atoms with E-state index < -0.39 is 0 Å². The highest BCUT2D eigenvalue weighted by Gasteiger charge is 2.20. The molecule has 1 aliphatic heterocycles. The van der Waals surface area contributed by atoms with E-state index in [9.17, 15) is 0 Å². The Morgan fingerprint density at radius 1 is 0.778 bits per heavy atom. The van der Waals surface area contributed by atoms with Gasteiger partial charge in [0.25, 0.3) is 0 Å². The van der Waals surface area contributed by atoms with Crippen LogP contribution in [0.3, 0.4) is 0 Å². The summed E-state index contributed by atoms with van der Waals surface area (Å²) in [7, 11) is 0. The fourth-order valence-corrected chi connectivity index (χ4v) is 3.84. The van der Waals surface area contributed by atoms with Gasteiger partial charge in [0, 0.05) is 13.1 Å². The highest BCUT2D eigenvalue weighted by atomic mass is 16.5. The van der Waals surface area contributed by atoms with E-state index in [0.29, 0.717) is 0 Å². The Labute approximate surface area is 167 Å². The molecule has 0 spiro atoms. The molecule has 27 heavy (non-hydrogen) atoms. The van der Waals surface area contributed by atoms with Crippen molar-refractivity contribution >= 4 is 0 Å². The van der Waals surface area contributed by atoms with Crippen LogP contribution in [0.4, 0.5) is 0 Å². The number of rotatable bonds is 14. The molecule has 1 aromatic rings. The molecule has 0 bridgehead atoms. The van der Waals surface area contributed by atoms with Crippen molar-refractivity contribution in [2.75, 3.05) is 19.7 Å². The first-order chi connectivity index (χ1) is 13.3. The lowest BCUT2D eigenvalue weighted by molar-refractivity contribution is 0.281. The van der Waals surface area contributed by atoms with Gasteiger partial charge in [0.05, 0.1) is 12.8 Å². The summed E-state index contributed by atoms with van der Waals surface area (Å²) in [6.07, 6.45) is 15.0. The molecule has 0 saturated carbocycles. The lowest BCUT2D eigenvalue weighted by atomic mass is 9.97. The minimum absolute atomic E-state index is 0.282. The number of hydrogen-bond donors (Lipinski definition) is 2. The first-order valence-electron chi connectivity index (χ1n) is 11.5. The van der Waals surface area contributed by atoms with E-state index >= 15 is 0 Å². The molecule has 1 aromatic carbocycles. The third-order valence-corrected chi connectivity index (χ3v) is 5.67. The first kappa shape index (κ1) is 22.2. The Kier molecular flexibility index (Phi) is 11.5. The second-order valence-corrected chi connectivity index (χ2v) is 8.15. The van der Waals surface area contributed by atoms with Gasteiger partial charge in [-0.15, -0.1) is 0 Å². The maximum absolute atomic E-state index is 5.85. The van der Waals surface area contributed by atoms with Crippen LogP contribution in [-0.2, 0) is 0 Å².